The first-order chi connectivity index (χ1) is 62.6. The van der Waals surface area contributed by atoms with Gasteiger partial charge in [0, 0.05) is 157 Å². The number of pyridine rings is 7. The summed E-state index contributed by atoms with van der Waals surface area (Å²) in [6, 6.07) is 28.0. The first-order valence-electron chi connectivity index (χ1n) is 43.4. The van der Waals surface area contributed by atoms with Gasteiger partial charge in [-0.1, -0.05) is 7.43 Å². The van der Waals surface area contributed by atoms with Crippen LogP contribution in [-0.2, 0) is 0 Å². The molecule has 0 aliphatic rings. The van der Waals surface area contributed by atoms with E-state index in [1.807, 2.05) is 141 Å². The van der Waals surface area contributed by atoms with Crippen LogP contribution in [0.3, 0.4) is 0 Å². The summed E-state index contributed by atoms with van der Waals surface area (Å²) in [6.07, 6.45) is 32.8. The van der Waals surface area contributed by atoms with E-state index in [0.717, 1.165) is 90.7 Å². The van der Waals surface area contributed by atoms with Crippen molar-refractivity contribution >= 4 is 146 Å². The molecule has 36 nitrogen and oxygen atoms in total. The summed E-state index contributed by atoms with van der Waals surface area (Å²) in [6.45, 7) is 44.4. The molecule has 20 rings (SSSR count). The molecular weight excluding hydrogens is 1670 g/mol. The topological polar surface area (TPSA) is 456 Å². The van der Waals surface area contributed by atoms with E-state index in [0.29, 0.717) is 92.6 Å². The van der Waals surface area contributed by atoms with Crippen molar-refractivity contribution in [1.29, 1.82) is 0 Å². The summed E-state index contributed by atoms with van der Waals surface area (Å²) in [5.74, 6) is 0.854. The van der Waals surface area contributed by atoms with Gasteiger partial charge in [-0.25, -0.2) is 93.5 Å². The lowest BCUT2D eigenvalue weighted by Crippen LogP contribution is -2.12. The van der Waals surface area contributed by atoms with Gasteiger partial charge in [0.1, 0.15) is 68.6 Å². The molecule has 20 aromatic rings. The summed E-state index contributed by atoms with van der Waals surface area (Å²) in [5, 5.41) is 6.44. The number of fused-ring (bicyclic) bond motifs is 10. The SMILES string of the molecule is C.CC(C)n1cc(F)c2c(N)ccnc21.CC(C)n1cc(F)c2cccnc21.CC(C)n1ccc2c(N)ccnc21.CC(C)n1ccc2cccnc21.CC(C)n1cnc2c(=O)[nH]c(N)nc21.CC(C)n1cnc2c(N)ccnc21.CC(C)n1cnc2c(N)ncnc21.CC(C)n1cnc2cccnc21.CC(C)n1cnc2cccnc21.CCNc1ncnc2c1ncn2C(C)C. The number of aromatic amines is 1. The summed E-state index contributed by atoms with van der Waals surface area (Å²) in [5.41, 5.74) is 42.9. The van der Waals surface area contributed by atoms with E-state index in [-0.39, 0.29) is 48.7 Å². The summed E-state index contributed by atoms with van der Waals surface area (Å²) in [4.78, 5) is 89.1. The Balaban J connectivity index is 0.000000152. The number of nitrogens with zero attached hydrogens (tertiary/aromatic N) is 28. The molecule has 132 heavy (non-hydrogen) atoms. The highest BCUT2D eigenvalue weighted by molar-refractivity contribution is 5.90. The predicted octanol–water partition coefficient (Wildman–Crippen LogP) is 19.3. The van der Waals surface area contributed by atoms with Crippen molar-refractivity contribution in [1.82, 2.24) is 140 Å². The maximum absolute atomic E-state index is 13.5. The Kier molecular flexibility index (Phi) is 33.4. The van der Waals surface area contributed by atoms with Crippen molar-refractivity contribution in [3.05, 3.63) is 220 Å². The van der Waals surface area contributed by atoms with Gasteiger partial charge in [-0.3, -0.25) is 9.78 Å². The Labute approximate surface area is 764 Å². The van der Waals surface area contributed by atoms with Crippen molar-refractivity contribution in [3.8, 4) is 0 Å². The molecule has 0 unspecified atom stereocenters. The van der Waals surface area contributed by atoms with Crippen molar-refractivity contribution < 1.29 is 8.78 Å². The third-order valence-electron chi connectivity index (χ3n) is 20.6. The van der Waals surface area contributed by atoms with Gasteiger partial charge in [-0.05, 0) is 224 Å². The van der Waals surface area contributed by atoms with Gasteiger partial charge in [-0.2, -0.15) is 4.98 Å². The van der Waals surface area contributed by atoms with E-state index < -0.39 is 0 Å². The van der Waals surface area contributed by atoms with Crippen LogP contribution in [0, 0.1) is 11.6 Å². The van der Waals surface area contributed by atoms with Gasteiger partial charge < -0.3 is 79.7 Å². The number of imidazole rings is 6. The first-order valence-corrected chi connectivity index (χ1v) is 43.4. The Morgan fingerprint density at radius 2 is 0.720 bits per heavy atom. The molecule has 20 heterocycles. The molecule has 0 radical (unpaired) electrons. The zero-order chi connectivity index (χ0) is 94.8. The van der Waals surface area contributed by atoms with Crippen molar-refractivity contribution in [2.75, 3.05) is 40.5 Å². The second-order valence-corrected chi connectivity index (χ2v) is 33.3. The number of aromatic nitrogens is 29. The highest BCUT2D eigenvalue weighted by Gasteiger charge is 2.18. The first kappa shape index (κ1) is 98.9. The molecule has 694 valence electrons. The molecule has 0 amide bonds. The number of hydrogen-bond donors (Lipinski definition) is 7. The summed E-state index contributed by atoms with van der Waals surface area (Å²) < 4.78 is 46.6. The summed E-state index contributed by atoms with van der Waals surface area (Å²) >= 11 is 0. The number of rotatable bonds is 12. The largest absolute Gasteiger partial charge is 0.398 e. The minimum atomic E-state index is -0.306. The molecular formula is C94H123F2N35O. The van der Waals surface area contributed by atoms with Crippen LogP contribution in [0.4, 0.5) is 43.4 Å². The molecule has 0 saturated heterocycles. The smallest absolute Gasteiger partial charge is 0.280 e. The maximum Gasteiger partial charge on any atom is 0.280 e. The maximum atomic E-state index is 13.5. The minimum Gasteiger partial charge on any atom is -0.398 e. The second kappa shape index (κ2) is 44.6. The van der Waals surface area contributed by atoms with Crippen molar-refractivity contribution in [2.45, 2.75) is 213 Å². The van der Waals surface area contributed by atoms with E-state index in [4.69, 9.17) is 28.7 Å². The van der Waals surface area contributed by atoms with E-state index in [9.17, 15) is 13.6 Å². The van der Waals surface area contributed by atoms with Crippen LogP contribution >= 0.6 is 0 Å². The van der Waals surface area contributed by atoms with Gasteiger partial charge in [0.2, 0.25) is 5.95 Å². The lowest BCUT2D eigenvalue weighted by molar-refractivity contribution is 0.585. The lowest BCUT2D eigenvalue weighted by Gasteiger charge is -2.07. The number of nitrogens with one attached hydrogen (secondary N) is 2. The van der Waals surface area contributed by atoms with E-state index in [1.54, 1.807) is 95.9 Å². The molecule has 38 heteroatoms. The van der Waals surface area contributed by atoms with Crippen LogP contribution in [0.25, 0.3) is 111 Å². The van der Waals surface area contributed by atoms with E-state index in [2.05, 4.69) is 234 Å². The lowest BCUT2D eigenvalue weighted by atomic mass is 10.3. The highest BCUT2D eigenvalue weighted by Crippen LogP contribution is 2.30. The number of nitrogen functional groups attached to an aromatic ring is 5. The molecule has 0 fully saturated rings. The number of nitrogens with two attached hydrogens (primary N) is 5. The molecule has 0 aromatic carbocycles. The van der Waals surface area contributed by atoms with Crippen molar-refractivity contribution in [2.24, 2.45) is 0 Å². The van der Waals surface area contributed by atoms with Crippen LogP contribution in [-0.4, -0.2) is 147 Å². The fourth-order valence-electron chi connectivity index (χ4n) is 13.8. The standard InChI is InChI=1S/C10H12FN3.C10H11FN2.C10H15N5.C10H13N3.C10H12N2.C9H12N4.2C9H11N3.C8H11N5O.C8H11N5.CH4/c1-6(2)14-5-7(11)9-8(12)3-4-13-10(9)14;1-7(2)13-6-9(11)8-4-3-5-12-10(8)13;1-4-11-9-8-10(13-5-12-9)15(6-14-8)7(2)3;1-7(2)13-6-4-8-9(11)3-5-12-10(8)13;1-8(2)12-7-5-9-4-3-6-11-10(9)12;1-6(2)13-5-12-8-7(10)3-4-11-9(8)13;2*1-7(2)12-6-11-8-4-3-5-10-9(8)12;1-4(2)13-3-10-5-6(13)11-8(9)12-7(5)14;1-5(2)13-4-12-6-7(9)10-3-11-8(6)13;/h3-6H,1-2H3,(H2,12,13);3-7H,1-2H3;5-7H,4H2,1-3H3,(H,11,12,13);3-7H,1-2H3,(H2,11,12);3-8H,1-2H3;3-6H,1-2H3,(H2,10,11);2*3-7H,1-2H3;3-4H,1-2H3,(H3,9,11,12,14);3-5H,1-2H3,(H2,9,10,11);1H4. The zero-order valence-corrected chi connectivity index (χ0v) is 78.0. The molecule has 0 saturated carbocycles. The van der Waals surface area contributed by atoms with Crippen LogP contribution in [0.5, 0.6) is 0 Å². The molecule has 12 N–H and O–H groups in total. The van der Waals surface area contributed by atoms with E-state index in [1.165, 1.54) is 24.1 Å². The normalized spacial score (nSPS) is 11.2. The highest BCUT2D eigenvalue weighted by atomic mass is 19.1. The van der Waals surface area contributed by atoms with Gasteiger partial charge >= 0.3 is 0 Å². The molecule has 0 aliphatic heterocycles. The Morgan fingerprint density at radius 3 is 1.27 bits per heavy atom. The molecule has 20 aromatic heterocycles. The third kappa shape index (κ3) is 23.1. The van der Waals surface area contributed by atoms with Crippen LogP contribution in [0.15, 0.2) is 202 Å². The van der Waals surface area contributed by atoms with Gasteiger partial charge in [0.25, 0.3) is 5.56 Å². The number of anilines is 6. The van der Waals surface area contributed by atoms with Gasteiger partial charge in [0.05, 0.1) is 54.4 Å². The van der Waals surface area contributed by atoms with Gasteiger partial charge in [-0.15, -0.1) is 0 Å². The van der Waals surface area contributed by atoms with Crippen LogP contribution in [0.1, 0.15) is 213 Å². The molecule has 0 bridgehead atoms. The van der Waals surface area contributed by atoms with Crippen LogP contribution in [0.2, 0.25) is 0 Å². The minimum absolute atomic E-state index is 0. The third-order valence-corrected chi connectivity index (χ3v) is 20.6. The summed E-state index contributed by atoms with van der Waals surface area (Å²) in [7, 11) is 0. The molecule has 0 atom stereocenters. The van der Waals surface area contributed by atoms with Crippen LogP contribution < -0.4 is 39.5 Å². The fraction of sp³-hybridized carbons (Fsp3) is 0.351. The fourth-order valence-corrected chi connectivity index (χ4v) is 13.8. The van der Waals surface area contributed by atoms with E-state index >= 15 is 0 Å². The Morgan fingerprint density at radius 1 is 0.333 bits per heavy atom. The Hall–Kier alpha value is -15.3. The predicted molar refractivity (Wildman–Crippen MR) is 527 cm³/mol. The average molecular weight is 1800 g/mol. The zero-order valence-electron chi connectivity index (χ0n) is 78.0. The van der Waals surface area contributed by atoms with Crippen molar-refractivity contribution in [3.63, 3.8) is 0 Å². The number of hydrogen-bond acceptors (Lipinski definition) is 25. The quantitative estimate of drug-likeness (QED) is 0.0597. The van der Waals surface area contributed by atoms with Gasteiger partial charge in [0.15, 0.2) is 56.9 Å². The molecule has 0 spiro atoms. The monoisotopic (exact) mass is 1800 g/mol. The average Bonchev–Trinajstić information content (AvgIpc) is 1.64. The Bertz CT molecular complexity index is 6770. The number of H-pyrrole nitrogens is 1. The molecule has 0 aliphatic carbocycles. The second-order valence-electron chi connectivity index (χ2n) is 33.3. The number of halogens is 2.